The lowest BCUT2D eigenvalue weighted by molar-refractivity contribution is 0.370. The minimum atomic E-state index is 0.395. The summed E-state index contributed by atoms with van der Waals surface area (Å²) in [4.78, 5) is 8.96. The molecule has 1 aliphatic carbocycles. The second kappa shape index (κ2) is 4.26. The molecule has 1 saturated carbocycles. The van der Waals surface area contributed by atoms with Gasteiger partial charge in [0.25, 0.3) is 0 Å². The van der Waals surface area contributed by atoms with Gasteiger partial charge in [0.1, 0.15) is 5.52 Å². The van der Waals surface area contributed by atoms with Gasteiger partial charge in [-0.2, -0.15) is 0 Å². The number of fused-ring (bicyclic) bond motifs is 1. The highest BCUT2D eigenvalue weighted by Gasteiger charge is 2.26. The molecule has 0 radical (unpaired) electrons. The Labute approximate surface area is 107 Å². The molecule has 0 saturated heterocycles. The first-order chi connectivity index (χ1) is 8.68. The van der Waals surface area contributed by atoms with E-state index < -0.39 is 0 Å². The van der Waals surface area contributed by atoms with E-state index in [-0.39, 0.29) is 0 Å². The summed E-state index contributed by atoms with van der Waals surface area (Å²) in [5.74, 6) is 1.32. The first-order valence-electron chi connectivity index (χ1n) is 6.77. The molecule has 1 unspecified atom stereocenters. The Kier molecular flexibility index (Phi) is 2.73. The SMILES string of the molecule is Cc1ccnc2c1nc(N)n2C(C)C1CCCC1. The third-order valence-electron chi connectivity index (χ3n) is 4.30. The number of rotatable bonds is 2. The van der Waals surface area contributed by atoms with Crippen molar-refractivity contribution in [2.75, 3.05) is 5.73 Å². The average Bonchev–Trinajstić information content (AvgIpc) is 2.96. The topological polar surface area (TPSA) is 56.7 Å². The molecule has 0 amide bonds. The molecule has 1 fully saturated rings. The van der Waals surface area contributed by atoms with E-state index in [9.17, 15) is 0 Å². The molecule has 0 aromatic carbocycles. The van der Waals surface area contributed by atoms with E-state index >= 15 is 0 Å². The molecule has 0 spiro atoms. The second-order valence-corrected chi connectivity index (χ2v) is 5.43. The van der Waals surface area contributed by atoms with Crippen molar-refractivity contribution in [1.82, 2.24) is 14.5 Å². The maximum atomic E-state index is 6.10. The maximum Gasteiger partial charge on any atom is 0.202 e. The highest BCUT2D eigenvalue weighted by atomic mass is 15.2. The van der Waals surface area contributed by atoms with Gasteiger partial charge in [-0.25, -0.2) is 9.97 Å². The molecule has 2 aromatic heterocycles. The van der Waals surface area contributed by atoms with Crippen molar-refractivity contribution in [2.24, 2.45) is 5.92 Å². The van der Waals surface area contributed by atoms with Gasteiger partial charge < -0.3 is 5.73 Å². The molecule has 4 nitrogen and oxygen atoms in total. The standard InChI is InChI=1S/C14H20N4/c1-9-7-8-16-13-12(9)17-14(15)18(13)10(2)11-5-3-4-6-11/h7-8,10-11H,3-6H2,1-2H3,(H2,15,17). The predicted molar refractivity (Wildman–Crippen MR) is 73.3 cm³/mol. The molecule has 4 heteroatoms. The summed E-state index contributed by atoms with van der Waals surface area (Å²) in [6.07, 6.45) is 7.12. The normalized spacial score (nSPS) is 18.6. The van der Waals surface area contributed by atoms with E-state index in [2.05, 4.69) is 28.4 Å². The van der Waals surface area contributed by atoms with Crippen molar-refractivity contribution in [2.45, 2.75) is 45.6 Å². The number of hydrogen-bond donors (Lipinski definition) is 1. The minimum Gasteiger partial charge on any atom is -0.369 e. The van der Waals surface area contributed by atoms with Gasteiger partial charge in [-0.3, -0.25) is 4.57 Å². The van der Waals surface area contributed by atoms with E-state index in [1.165, 1.54) is 25.7 Å². The quantitative estimate of drug-likeness (QED) is 0.883. The molecular formula is C14H20N4. The van der Waals surface area contributed by atoms with Gasteiger partial charge in [0.2, 0.25) is 5.95 Å². The lowest BCUT2D eigenvalue weighted by Crippen LogP contribution is -2.16. The van der Waals surface area contributed by atoms with Gasteiger partial charge in [0, 0.05) is 12.2 Å². The maximum absolute atomic E-state index is 6.10. The fraction of sp³-hybridized carbons (Fsp3) is 0.571. The highest BCUT2D eigenvalue weighted by Crippen LogP contribution is 2.36. The number of imidazole rings is 1. The highest BCUT2D eigenvalue weighted by molar-refractivity contribution is 5.77. The van der Waals surface area contributed by atoms with Crippen LogP contribution in [-0.4, -0.2) is 14.5 Å². The number of aryl methyl sites for hydroxylation is 1. The van der Waals surface area contributed by atoms with Crippen molar-refractivity contribution in [3.63, 3.8) is 0 Å². The lowest BCUT2D eigenvalue weighted by atomic mass is 9.99. The fourth-order valence-corrected chi connectivity index (χ4v) is 3.18. The van der Waals surface area contributed by atoms with Crippen LogP contribution < -0.4 is 5.73 Å². The van der Waals surface area contributed by atoms with Gasteiger partial charge in [-0.05, 0) is 44.2 Å². The molecule has 2 heterocycles. The van der Waals surface area contributed by atoms with Gasteiger partial charge in [-0.15, -0.1) is 0 Å². The van der Waals surface area contributed by atoms with Gasteiger partial charge in [0.15, 0.2) is 5.65 Å². The van der Waals surface area contributed by atoms with Gasteiger partial charge in [0.05, 0.1) is 0 Å². The van der Waals surface area contributed by atoms with Crippen molar-refractivity contribution < 1.29 is 0 Å². The number of pyridine rings is 1. The smallest absolute Gasteiger partial charge is 0.202 e. The number of nitrogens with zero attached hydrogens (tertiary/aromatic N) is 3. The fourth-order valence-electron chi connectivity index (χ4n) is 3.18. The van der Waals surface area contributed by atoms with Crippen LogP contribution in [0.1, 0.15) is 44.2 Å². The third-order valence-corrected chi connectivity index (χ3v) is 4.30. The van der Waals surface area contributed by atoms with Crippen LogP contribution in [0.3, 0.4) is 0 Å². The summed E-state index contributed by atoms with van der Waals surface area (Å²) in [6, 6.07) is 2.38. The van der Waals surface area contributed by atoms with Crippen LogP contribution in [0.5, 0.6) is 0 Å². The van der Waals surface area contributed by atoms with Gasteiger partial charge >= 0.3 is 0 Å². The molecule has 1 aliphatic rings. The number of aromatic nitrogens is 3. The summed E-state index contributed by atoms with van der Waals surface area (Å²) >= 11 is 0. The summed E-state index contributed by atoms with van der Waals surface area (Å²) < 4.78 is 2.12. The van der Waals surface area contributed by atoms with E-state index in [0.717, 1.165) is 16.7 Å². The molecule has 18 heavy (non-hydrogen) atoms. The number of hydrogen-bond acceptors (Lipinski definition) is 3. The van der Waals surface area contributed by atoms with Crippen LogP contribution in [-0.2, 0) is 0 Å². The molecule has 2 aromatic rings. The monoisotopic (exact) mass is 244 g/mol. The number of anilines is 1. The van der Waals surface area contributed by atoms with Crippen molar-refractivity contribution >= 4 is 17.1 Å². The Morgan fingerprint density at radius 1 is 1.39 bits per heavy atom. The summed E-state index contributed by atoms with van der Waals surface area (Å²) in [7, 11) is 0. The third kappa shape index (κ3) is 1.67. The van der Waals surface area contributed by atoms with E-state index in [1.807, 2.05) is 12.3 Å². The first kappa shape index (κ1) is 11.5. The lowest BCUT2D eigenvalue weighted by Gasteiger charge is -2.21. The average molecular weight is 244 g/mol. The molecule has 2 N–H and O–H groups in total. The van der Waals surface area contributed by atoms with E-state index in [1.54, 1.807) is 0 Å². The minimum absolute atomic E-state index is 0.395. The zero-order chi connectivity index (χ0) is 12.7. The molecular weight excluding hydrogens is 224 g/mol. The van der Waals surface area contributed by atoms with E-state index in [0.29, 0.717) is 17.9 Å². The number of nitrogens with two attached hydrogens (primary N) is 1. The van der Waals surface area contributed by atoms with Gasteiger partial charge in [-0.1, -0.05) is 12.8 Å². The zero-order valence-electron chi connectivity index (χ0n) is 11.1. The molecule has 96 valence electrons. The van der Waals surface area contributed by atoms with Crippen LogP contribution >= 0.6 is 0 Å². The summed E-state index contributed by atoms with van der Waals surface area (Å²) in [5, 5.41) is 0. The number of nitrogen functional groups attached to an aromatic ring is 1. The molecule has 3 rings (SSSR count). The Morgan fingerprint density at radius 3 is 2.83 bits per heavy atom. The molecule has 0 aliphatic heterocycles. The Bertz CT molecular complexity index is 566. The van der Waals surface area contributed by atoms with Crippen molar-refractivity contribution in [1.29, 1.82) is 0 Å². The largest absolute Gasteiger partial charge is 0.369 e. The first-order valence-corrected chi connectivity index (χ1v) is 6.77. The van der Waals surface area contributed by atoms with Crippen LogP contribution in [0.2, 0.25) is 0 Å². The Balaban J connectivity index is 2.10. The van der Waals surface area contributed by atoms with Crippen molar-refractivity contribution in [3.8, 4) is 0 Å². The summed E-state index contributed by atoms with van der Waals surface area (Å²) in [5.41, 5.74) is 9.13. The zero-order valence-corrected chi connectivity index (χ0v) is 11.1. The molecule has 1 atom stereocenters. The van der Waals surface area contributed by atoms with E-state index in [4.69, 9.17) is 5.73 Å². The summed E-state index contributed by atoms with van der Waals surface area (Å²) in [6.45, 7) is 4.30. The Morgan fingerprint density at radius 2 is 2.11 bits per heavy atom. The van der Waals surface area contributed by atoms with Crippen molar-refractivity contribution in [3.05, 3.63) is 17.8 Å². The van der Waals surface area contributed by atoms with Crippen LogP contribution in [0.15, 0.2) is 12.3 Å². The van der Waals surface area contributed by atoms with Crippen LogP contribution in [0.25, 0.3) is 11.2 Å². The second-order valence-electron chi connectivity index (χ2n) is 5.43. The van der Waals surface area contributed by atoms with Crippen LogP contribution in [0, 0.1) is 12.8 Å². The predicted octanol–water partition coefficient (Wildman–Crippen LogP) is 3.07. The van der Waals surface area contributed by atoms with Crippen LogP contribution in [0.4, 0.5) is 5.95 Å². The Hall–Kier alpha value is -1.58. The molecule has 0 bridgehead atoms.